The van der Waals surface area contributed by atoms with Gasteiger partial charge in [0.25, 0.3) is 5.56 Å². The zero-order chi connectivity index (χ0) is 15.0. The summed E-state index contributed by atoms with van der Waals surface area (Å²) < 4.78 is 5.29. The topological polar surface area (TPSA) is 91.4 Å². The summed E-state index contributed by atoms with van der Waals surface area (Å²) in [4.78, 5) is 26.2. The highest BCUT2D eigenvalue weighted by Crippen LogP contribution is 2.31. The van der Waals surface area contributed by atoms with Crippen molar-refractivity contribution in [3.63, 3.8) is 0 Å². The van der Waals surface area contributed by atoms with Crippen LogP contribution in [0.2, 0.25) is 0 Å². The molecule has 6 nitrogen and oxygen atoms in total. The molecule has 2 unspecified atom stereocenters. The van der Waals surface area contributed by atoms with Crippen LogP contribution in [0.15, 0.2) is 35.1 Å². The fraction of sp³-hybridized carbons (Fsp3) is 0.333. The Morgan fingerprint density at radius 2 is 2.24 bits per heavy atom. The second-order valence-corrected chi connectivity index (χ2v) is 5.53. The van der Waals surface area contributed by atoms with Crippen molar-refractivity contribution in [2.24, 2.45) is 5.41 Å². The lowest BCUT2D eigenvalue weighted by Gasteiger charge is -2.26. The minimum Gasteiger partial charge on any atom is -0.481 e. The van der Waals surface area contributed by atoms with E-state index < -0.39 is 17.4 Å². The molecule has 3 rings (SSSR count). The van der Waals surface area contributed by atoms with Gasteiger partial charge in [-0.2, -0.15) is 0 Å². The van der Waals surface area contributed by atoms with Crippen molar-refractivity contribution in [3.8, 4) is 0 Å². The van der Waals surface area contributed by atoms with Crippen LogP contribution < -0.4 is 10.9 Å². The highest BCUT2D eigenvalue weighted by Gasteiger charge is 2.46. The lowest BCUT2D eigenvalue weighted by molar-refractivity contribution is -0.148. The summed E-state index contributed by atoms with van der Waals surface area (Å²) in [6.07, 6.45) is 0. The molecule has 0 spiro atoms. The van der Waals surface area contributed by atoms with Gasteiger partial charge in [-0.3, -0.25) is 9.59 Å². The van der Waals surface area contributed by atoms with Gasteiger partial charge in [-0.15, -0.1) is 0 Å². The van der Waals surface area contributed by atoms with Gasteiger partial charge in [0.05, 0.1) is 19.3 Å². The number of H-pyrrole nitrogens is 1. The van der Waals surface area contributed by atoms with Crippen molar-refractivity contribution < 1.29 is 14.6 Å². The third kappa shape index (κ3) is 2.27. The van der Waals surface area contributed by atoms with E-state index in [4.69, 9.17) is 4.74 Å². The quantitative estimate of drug-likeness (QED) is 0.794. The molecule has 3 N–H and O–H groups in total. The number of pyridine rings is 1. The number of hydrogen-bond acceptors (Lipinski definition) is 4. The van der Waals surface area contributed by atoms with E-state index in [1.807, 2.05) is 12.1 Å². The first-order valence-corrected chi connectivity index (χ1v) is 6.70. The molecule has 2 atom stereocenters. The van der Waals surface area contributed by atoms with Crippen molar-refractivity contribution in [3.05, 3.63) is 40.7 Å². The van der Waals surface area contributed by atoms with Crippen molar-refractivity contribution >= 4 is 22.6 Å². The molecule has 110 valence electrons. The van der Waals surface area contributed by atoms with E-state index in [0.717, 1.165) is 5.39 Å². The zero-order valence-corrected chi connectivity index (χ0v) is 11.6. The fourth-order valence-corrected chi connectivity index (χ4v) is 2.56. The number of aromatic amines is 1. The Bertz CT molecular complexity index is 755. The van der Waals surface area contributed by atoms with Gasteiger partial charge in [0, 0.05) is 5.39 Å². The number of carboxylic acid groups (broad SMARTS) is 1. The monoisotopic (exact) mass is 288 g/mol. The summed E-state index contributed by atoms with van der Waals surface area (Å²) in [7, 11) is 0. The zero-order valence-electron chi connectivity index (χ0n) is 11.6. The van der Waals surface area contributed by atoms with E-state index >= 15 is 0 Å². The molecular formula is C15H16N2O4. The van der Waals surface area contributed by atoms with Gasteiger partial charge < -0.3 is 20.1 Å². The summed E-state index contributed by atoms with van der Waals surface area (Å²) in [5, 5.41) is 13.8. The van der Waals surface area contributed by atoms with Crippen LogP contribution in [0.5, 0.6) is 0 Å². The maximum atomic E-state index is 12.0. The van der Waals surface area contributed by atoms with E-state index in [1.54, 1.807) is 25.1 Å². The van der Waals surface area contributed by atoms with Crippen LogP contribution in [0.1, 0.15) is 6.92 Å². The van der Waals surface area contributed by atoms with Gasteiger partial charge in [-0.25, -0.2) is 0 Å². The number of hydrogen-bond donors (Lipinski definition) is 3. The second kappa shape index (κ2) is 4.89. The number of aliphatic carboxylic acids is 1. The Balaban J connectivity index is 1.95. The smallest absolute Gasteiger partial charge is 0.313 e. The lowest BCUT2D eigenvalue weighted by atomic mass is 9.85. The van der Waals surface area contributed by atoms with Crippen molar-refractivity contribution in [1.29, 1.82) is 0 Å². The van der Waals surface area contributed by atoms with Crippen LogP contribution in [-0.2, 0) is 9.53 Å². The van der Waals surface area contributed by atoms with E-state index in [0.29, 0.717) is 11.2 Å². The Hall–Kier alpha value is -2.34. The molecule has 0 radical (unpaired) electrons. The molecule has 1 aliphatic heterocycles. The number of nitrogens with one attached hydrogen (secondary N) is 2. The van der Waals surface area contributed by atoms with Gasteiger partial charge in [0.15, 0.2) is 0 Å². The molecule has 0 bridgehead atoms. The maximum absolute atomic E-state index is 12.0. The number of carboxylic acids is 1. The van der Waals surface area contributed by atoms with E-state index in [9.17, 15) is 14.7 Å². The van der Waals surface area contributed by atoms with Crippen molar-refractivity contribution in [2.45, 2.75) is 13.0 Å². The predicted molar refractivity (Wildman–Crippen MR) is 78.5 cm³/mol. The van der Waals surface area contributed by atoms with Gasteiger partial charge in [-0.05, 0) is 24.4 Å². The number of anilines is 1. The number of benzene rings is 1. The third-order valence-electron chi connectivity index (χ3n) is 4.03. The Labute approximate surface area is 120 Å². The molecule has 1 fully saturated rings. The van der Waals surface area contributed by atoms with Crippen LogP contribution in [0.25, 0.3) is 10.8 Å². The number of carbonyl (C=O) groups is 1. The highest BCUT2D eigenvalue weighted by molar-refractivity contribution is 5.84. The largest absolute Gasteiger partial charge is 0.481 e. The maximum Gasteiger partial charge on any atom is 0.313 e. The van der Waals surface area contributed by atoms with Gasteiger partial charge in [0.1, 0.15) is 11.2 Å². The number of ether oxygens (including phenoxy) is 1. The second-order valence-electron chi connectivity index (χ2n) is 5.53. The Kier molecular flexibility index (Phi) is 3.17. The van der Waals surface area contributed by atoms with Gasteiger partial charge in [-0.1, -0.05) is 18.2 Å². The number of fused-ring (bicyclic) bond motifs is 1. The molecule has 1 aromatic heterocycles. The standard InChI is InChI=1S/C15H16N2O4/c1-15(14(19)20)8-21-7-11(15)16-12-6-9-4-2-3-5-10(9)13(18)17-12/h2-6,11H,7-8H2,1H3,(H,19,20)(H2,16,17,18). The summed E-state index contributed by atoms with van der Waals surface area (Å²) in [6, 6.07) is 8.65. The first kappa shape index (κ1) is 13.6. The predicted octanol–water partition coefficient (Wildman–Crippen LogP) is 1.43. The fourth-order valence-electron chi connectivity index (χ4n) is 2.56. The summed E-state index contributed by atoms with van der Waals surface area (Å²) in [5.41, 5.74) is -1.21. The average molecular weight is 288 g/mol. The minimum absolute atomic E-state index is 0.151. The average Bonchev–Trinajstić information content (AvgIpc) is 2.82. The molecular weight excluding hydrogens is 272 g/mol. The molecule has 0 aliphatic carbocycles. The lowest BCUT2D eigenvalue weighted by Crippen LogP contribution is -2.43. The first-order valence-electron chi connectivity index (χ1n) is 6.70. The van der Waals surface area contributed by atoms with Crippen LogP contribution in [0.4, 0.5) is 5.82 Å². The van der Waals surface area contributed by atoms with Crippen LogP contribution in [-0.4, -0.2) is 35.3 Å². The third-order valence-corrected chi connectivity index (χ3v) is 4.03. The molecule has 0 saturated carbocycles. The molecule has 2 aromatic rings. The Morgan fingerprint density at radius 1 is 1.48 bits per heavy atom. The van der Waals surface area contributed by atoms with E-state index in [2.05, 4.69) is 10.3 Å². The van der Waals surface area contributed by atoms with Crippen molar-refractivity contribution in [1.82, 2.24) is 4.98 Å². The highest BCUT2D eigenvalue weighted by atomic mass is 16.5. The van der Waals surface area contributed by atoms with Crippen LogP contribution >= 0.6 is 0 Å². The van der Waals surface area contributed by atoms with E-state index in [-0.39, 0.29) is 18.8 Å². The van der Waals surface area contributed by atoms with E-state index in [1.165, 1.54) is 0 Å². The normalized spacial score (nSPS) is 25.1. The molecule has 1 aromatic carbocycles. The summed E-state index contributed by atoms with van der Waals surface area (Å²) in [6.45, 7) is 2.08. The van der Waals surface area contributed by atoms with Gasteiger partial charge >= 0.3 is 5.97 Å². The van der Waals surface area contributed by atoms with Crippen LogP contribution in [0, 0.1) is 5.41 Å². The molecule has 1 saturated heterocycles. The number of aromatic nitrogens is 1. The summed E-state index contributed by atoms with van der Waals surface area (Å²) in [5.74, 6) is -0.415. The minimum atomic E-state index is -1.01. The van der Waals surface area contributed by atoms with Gasteiger partial charge in [0.2, 0.25) is 0 Å². The molecule has 21 heavy (non-hydrogen) atoms. The molecule has 0 amide bonds. The number of rotatable bonds is 3. The Morgan fingerprint density at radius 3 is 3.00 bits per heavy atom. The SMILES string of the molecule is CC1(C(=O)O)COCC1Nc1cc2ccccc2c(=O)[nH]1. The van der Waals surface area contributed by atoms with Crippen LogP contribution in [0.3, 0.4) is 0 Å². The molecule has 1 aliphatic rings. The molecule has 2 heterocycles. The van der Waals surface area contributed by atoms with Crippen molar-refractivity contribution in [2.75, 3.05) is 18.5 Å². The summed E-state index contributed by atoms with van der Waals surface area (Å²) >= 11 is 0. The molecule has 6 heteroatoms. The first-order chi connectivity index (χ1) is 10.0.